The van der Waals surface area contributed by atoms with Gasteiger partial charge in [0.2, 0.25) is 10.0 Å². The summed E-state index contributed by atoms with van der Waals surface area (Å²) in [4.78, 5) is 13.2. The van der Waals surface area contributed by atoms with Crippen LogP contribution in [0.1, 0.15) is 86.7 Å². The van der Waals surface area contributed by atoms with Crippen molar-refractivity contribution in [2.75, 3.05) is 12.4 Å². The Bertz CT molecular complexity index is 1050. The van der Waals surface area contributed by atoms with Crippen LogP contribution in [0.5, 0.6) is 5.75 Å². The largest absolute Gasteiger partial charge is 0.495 e. The van der Waals surface area contributed by atoms with Crippen molar-refractivity contribution in [2.24, 2.45) is 0 Å². The average Bonchev–Trinajstić information content (AvgIpc) is 3.25. The molecule has 32 heavy (non-hydrogen) atoms. The number of hydrogen-bond acceptors (Lipinski definition) is 4. The predicted octanol–water partition coefficient (Wildman–Crippen LogP) is 5.42. The molecule has 0 atom stereocenters. The van der Waals surface area contributed by atoms with Crippen LogP contribution < -0.4 is 14.8 Å². The minimum absolute atomic E-state index is 0.0132. The van der Waals surface area contributed by atoms with Crippen LogP contribution in [0.4, 0.5) is 5.69 Å². The topological polar surface area (TPSA) is 84.5 Å². The molecule has 0 heterocycles. The first-order valence-electron chi connectivity index (χ1n) is 11.3. The lowest BCUT2D eigenvalue weighted by molar-refractivity contribution is 0.102. The molecule has 0 radical (unpaired) electrons. The molecule has 3 rings (SSSR count). The lowest BCUT2D eigenvalue weighted by atomic mass is 9.92. The van der Waals surface area contributed by atoms with Gasteiger partial charge in [-0.25, -0.2) is 13.1 Å². The molecule has 1 aliphatic carbocycles. The maximum Gasteiger partial charge on any atom is 0.255 e. The van der Waals surface area contributed by atoms with E-state index in [1.54, 1.807) is 6.07 Å². The highest BCUT2D eigenvalue weighted by molar-refractivity contribution is 7.89. The number of ether oxygens (including phenoxy) is 1. The van der Waals surface area contributed by atoms with Crippen molar-refractivity contribution < 1.29 is 17.9 Å². The minimum atomic E-state index is -3.81. The Balaban J connectivity index is 1.96. The monoisotopic (exact) mass is 458 g/mol. The molecule has 1 fully saturated rings. The fraction of sp³-hybridized carbons (Fsp3) is 0.480. The van der Waals surface area contributed by atoms with Crippen LogP contribution in [0.15, 0.2) is 41.3 Å². The smallest absolute Gasteiger partial charge is 0.255 e. The van der Waals surface area contributed by atoms with E-state index in [2.05, 4.69) is 37.7 Å². The van der Waals surface area contributed by atoms with Gasteiger partial charge in [0.25, 0.3) is 5.91 Å². The van der Waals surface area contributed by atoms with Crippen molar-refractivity contribution in [2.45, 2.75) is 76.2 Å². The third-order valence-electron chi connectivity index (χ3n) is 6.00. The van der Waals surface area contributed by atoms with Crippen LogP contribution in [-0.4, -0.2) is 27.5 Å². The normalized spacial score (nSPS) is 14.8. The van der Waals surface area contributed by atoms with Gasteiger partial charge in [-0.15, -0.1) is 0 Å². The van der Waals surface area contributed by atoms with E-state index in [0.29, 0.717) is 0 Å². The van der Waals surface area contributed by atoms with E-state index in [-0.39, 0.29) is 40.0 Å². The van der Waals surface area contributed by atoms with E-state index in [1.807, 2.05) is 18.2 Å². The Labute approximate surface area is 191 Å². The van der Waals surface area contributed by atoms with Gasteiger partial charge in [-0.2, -0.15) is 0 Å². The van der Waals surface area contributed by atoms with Gasteiger partial charge in [-0.3, -0.25) is 4.79 Å². The van der Waals surface area contributed by atoms with Crippen molar-refractivity contribution in [3.63, 3.8) is 0 Å². The third-order valence-corrected chi connectivity index (χ3v) is 7.55. The molecule has 2 N–H and O–H groups in total. The van der Waals surface area contributed by atoms with Crippen LogP contribution in [0.25, 0.3) is 0 Å². The van der Waals surface area contributed by atoms with Gasteiger partial charge in [0, 0.05) is 17.3 Å². The summed E-state index contributed by atoms with van der Waals surface area (Å²) < 4.78 is 34.2. The molecule has 0 aliphatic heterocycles. The quantitative estimate of drug-likeness (QED) is 0.553. The van der Waals surface area contributed by atoms with Crippen molar-refractivity contribution in [1.82, 2.24) is 4.72 Å². The number of anilines is 1. The predicted molar refractivity (Wildman–Crippen MR) is 128 cm³/mol. The fourth-order valence-electron chi connectivity index (χ4n) is 4.24. The number of carbonyl (C=O) groups is 1. The number of benzene rings is 2. The number of rotatable bonds is 8. The average molecular weight is 459 g/mol. The zero-order chi connectivity index (χ0) is 23.5. The molecule has 174 valence electrons. The summed E-state index contributed by atoms with van der Waals surface area (Å²) >= 11 is 0. The molecule has 0 spiro atoms. The second kappa shape index (κ2) is 10.0. The van der Waals surface area contributed by atoms with Gasteiger partial charge in [0.05, 0.1) is 7.11 Å². The van der Waals surface area contributed by atoms with Gasteiger partial charge in [0.15, 0.2) is 0 Å². The molecule has 0 unspecified atom stereocenters. The fourth-order valence-corrected chi connectivity index (χ4v) is 5.74. The Morgan fingerprint density at radius 1 is 1.00 bits per heavy atom. The molecular weight excluding hydrogens is 424 g/mol. The Kier molecular flexibility index (Phi) is 7.62. The van der Waals surface area contributed by atoms with Crippen molar-refractivity contribution >= 4 is 21.6 Å². The minimum Gasteiger partial charge on any atom is -0.495 e. The SMILES string of the molecule is COc1ccc(C(=O)Nc2c(C(C)C)cccc2C(C)C)cc1S(=O)(=O)NC1CCCC1. The van der Waals surface area contributed by atoms with Crippen LogP contribution in [-0.2, 0) is 10.0 Å². The van der Waals surface area contributed by atoms with Crippen LogP contribution in [0, 0.1) is 0 Å². The van der Waals surface area contributed by atoms with E-state index in [4.69, 9.17) is 4.74 Å². The molecule has 0 aromatic heterocycles. The Morgan fingerprint density at radius 3 is 2.12 bits per heavy atom. The number of amides is 1. The molecule has 1 aliphatic rings. The second-order valence-electron chi connectivity index (χ2n) is 9.04. The highest BCUT2D eigenvalue weighted by Crippen LogP contribution is 2.33. The molecule has 2 aromatic carbocycles. The molecule has 1 amide bonds. The van der Waals surface area contributed by atoms with Crippen molar-refractivity contribution in [3.8, 4) is 5.75 Å². The molecule has 6 nitrogen and oxygen atoms in total. The van der Waals surface area contributed by atoms with Gasteiger partial charge in [0.1, 0.15) is 10.6 Å². The summed E-state index contributed by atoms with van der Waals surface area (Å²) in [6.45, 7) is 8.34. The van der Waals surface area contributed by atoms with Gasteiger partial charge in [-0.1, -0.05) is 58.7 Å². The van der Waals surface area contributed by atoms with Crippen molar-refractivity contribution in [1.29, 1.82) is 0 Å². The first-order chi connectivity index (χ1) is 15.1. The van der Waals surface area contributed by atoms with Crippen LogP contribution in [0.3, 0.4) is 0 Å². The highest BCUT2D eigenvalue weighted by Gasteiger charge is 2.27. The molecule has 0 bridgehead atoms. The summed E-state index contributed by atoms with van der Waals surface area (Å²) in [5, 5.41) is 3.05. The van der Waals surface area contributed by atoms with Crippen LogP contribution in [0.2, 0.25) is 0 Å². The summed E-state index contributed by atoms with van der Waals surface area (Å²) in [6.07, 6.45) is 3.68. The van der Waals surface area contributed by atoms with E-state index in [1.165, 1.54) is 19.2 Å². The zero-order valence-electron chi connectivity index (χ0n) is 19.6. The zero-order valence-corrected chi connectivity index (χ0v) is 20.4. The molecule has 7 heteroatoms. The number of nitrogens with one attached hydrogen (secondary N) is 2. The van der Waals surface area contributed by atoms with E-state index >= 15 is 0 Å². The lowest BCUT2D eigenvalue weighted by Gasteiger charge is -2.20. The third kappa shape index (κ3) is 5.33. The summed E-state index contributed by atoms with van der Waals surface area (Å²) in [5.41, 5.74) is 3.17. The maximum atomic E-state index is 13.2. The van der Waals surface area contributed by atoms with Gasteiger partial charge in [-0.05, 0) is 54.0 Å². The maximum absolute atomic E-state index is 13.2. The number of para-hydroxylation sites is 1. The molecule has 0 saturated heterocycles. The number of hydrogen-bond donors (Lipinski definition) is 2. The van der Waals surface area contributed by atoms with Crippen molar-refractivity contribution in [3.05, 3.63) is 53.1 Å². The Hall–Kier alpha value is -2.38. The lowest BCUT2D eigenvalue weighted by Crippen LogP contribution is -2.33. The Morgan fingerprint density at radius 2 is 1.59 bits per heavy atom. The number of carbonyl (C=O) groups excluding carboxylic acids is 1. The number of methoxy groups -OCH3 is 1. The summed E-state index contributed by atoms with van der Waals surface area (Å²) in [7, 11) is -2.39. The summed E-state index contributed by atoms with van der Waals surface area (Å²) in [5.74, 6) is 0.329. The molecule has 2 aromatic rings. The van der Waals surface area contributed by atoms with Crippen LogP contribution >= 0.6 is 0 Å². The van der Waals surface area contributed by atoms with Gasteiger partial charge >= 0.3 is 0 Å². The van der Waals surface area contributed by atoms with E-state index in [0.717, 1.165) is 42.5 Å². The standard InChI is InChI=1S/C25H34N2O4S/c1-16(2)20-11-8-12-21(17(3)4)24(20)26-25(28)18-13-14-22(31-5)23(15-18)32(29,30)27-19-9-6-7-10-19/h8,11-17,19,27H,6-7,9-10H2,1-5H3,(H,26,28). The first kappa shape index (κ1) is 24.3. The second-order valence-corrected chi connectivity index (χ2v) is 10.7. The van der Waals surface area contributed by atoms with Gasteiger partial charge < -0.3 is 10.1 Å². The summed E-state index contributed by atoms with van der Waals surface area (Å²) in [6, 6.07) is 10.5. The highest BCUT2D eigenvalue weighted by atomic mass is 32.2. The van der Waals surface area contributed by atoms with E-state index in [9.17, 15) is 13.2 Å². The molecule has 1 saturated carbocycles. The molecular formula is C25H34N2O4S. The van der Waals surface area contributed by atoms with E-state index < -0.39 is 10.0 Å². The number of sulfonamides is 1. The first-order valence-corrected chi connectivity index (χ1v) is 12.8.